The summed E-state index contributed by atoms with van der Waals surface area (Å²) in [7, 11) is 0. The lowest BCUT2D eigenvalue weighted by Crippen LogP contribution is -1.98. The fourth-order valence-corrected chi connectivity index (χ4v) is 2.98. The summed E-state index contributed by atoms with van der Waals surface area (Å²) < 4.78 is 19.9. The van der Waals surface area contributed by atoms with Crippen LogP contribution in [-0.4, -0.2) is 27.8 Å². The van der Waals surface area contributed by atoms with E-state index in [0.717, 1.165) is 41.3 Å². The van der Waals surface area contributed by atoms with Crippen molar-refractivity contribution in [3.63, 3.8) is 0 Å². The Morgan fingerprint density at radius 1 is 1.21 bits per heavy atom. The van der Waals surface area contributed by atoms with Gasteiger partial charge in [0.2, 0.25) is 0 Å². The summed E-state index contributed by atoms with van der Waals surface area (Å²) in [5.74, 6) is -0.265. The highest BCUT2D eigenvalue weighted by molar-refractivity contribution is 5.84. The summed E-state index contributed by atoms with van der Waals surface area (Å²) in [6.45, 7) is 5.73. The number of hydrogen-bond donors (Lipinski definition) is 1. The fourth-order valence-electron chi connectivity index (χ4n) is 2.98. The van der Waals surface area contributed by atoms with Crippen LogP contribution < -0.4 is 4.74 Å². The van der Waals surface area contributed by atoms with E-state index in [9.17, 15) is 9.50 Å². The van der Waals surface area contributed by atoms with E-state index in [1.165, 1.54) is 0 Å². The molecule has 0 aliphatic rings. The van der Waals surface area contributed by atoms with Gasteiger partial charge in [-0.1, -0.05) is 43.0 Å². The number of halogens is 1. The van der Waals surface area contributed by atoms with E-state index in [1.807, 2.05) is 30.3 Å². The normalized spacial score (nSPS) is 12.4. The van der Waals surface area contributed by atoms with E-state index < -0.39 is 0 Å². The zero-order valence-corrected chi connectivity index (χ0v) is 16.5. The minimum Gasteiger partial charge on any atom is -0.459 e. The van der Waals surface area contributed by atoms with Crippen molar-refractivity contribution in [2.24, 2.45) is 0 Å². The van der Waals surface area contributed by atoms with E-state index in [2.05, 4.69) is 16.5 Å². The largest absolute Gasteiger partial charge is 0.459 e. The van der Waals surface area contributed by atoms with Crippen molar-refractivity contribution in [1.29, 1.82) is 0 Å². The van der Waals surface area contributed by atoms with Crippen molar-refractivity contribution >= 4 is 17.0 Å². The molecule has 4 nitrogen and oxygen atoms in total. The van der Waals surface area contributed by atoms with Gasteiger partial charge in [0.25, 0.3) is 0 Å². The lowest BCUT2D eigenvalue weighted by atomic mass is 10.0. The number of benzene rings is 2. The van der Waals surface area contributed by atoms with Crippen LogP contribution in [0, 0.1) is 5.82 Å². The van der Waals surface area contributed by atoms with Crippen LogP contribution in [0.5, 0.6) is 6.01 Å². The average Bonchev–Trinajstić information content (AvgIpc) is 2.72. The zero-order chi connectivity index (χ0) is 20.6. The molecule has 1 aromatic heterocycles. The zero-order valence-electron chi connectivity index (χ0n) is 16.5. The first kappa shape index (κ1) is 20.7. The Hall–Kier alpha value is -3.05. The van der Waals surface area contributed by atoms with Crippen LogP contribution in [0.2, 0.25) is 0 Å². The lowest BCUT2D eigenvalue weighted by Gasteiger charge is -2.07. The van der Waals surface area contributed by atoms with E-state index in [1.54, 1.807) is 37.4 Å². The molecule has 0 saturated heterocycles. The molecule has 0 amide bonds. The van der Waals surface area contributed by atoms with E-state index >= 15 is 0 Å². The molecule has 2 aromatic carbocycles. The van der Waals surface area contributed by atoms with E-state index in [4.69, 9.17) is 4.74 Å². The van der Waals surface area contributed by atoms with Gasteiger partial charge < -0.3 is 9.84 Å². The third-order valence-electron chi connectivity index (χ3n) is 4.51. The summed E-state index contributed by atoms with van der Waals surface area (Å²) in [5.41, 5.74) is 3.01. The second kappa shape index (κ2) is 9.94. The maximum Gasteiger partial charge on any atom is 0.317 e. The number of hydrogen-bond acceptors (Lipinski definition) is 4. The van der Waals surface area contributed by atoms with Crippen molar-refractivity contribution in [1.82, 2.24) is 9.97 Å². The van der Waals surface area contributed by atoms with E-state index in [0.29, 0.717) is 18.2 Å². The minimum atomic E-state index is -0.293. The van der Waals surface area contributed by atoms with Crippen LogP contribution >= 0.6 is 0 Å². The van der Waals surface area contributed by atoms with Gasteiger partial charge in [-0.2, -0.15) is 4.98 Å². The molecular weight excluding hydrogens is 367 g/mol. The maximum atomic E-state index is 14.5. The molecule has 0 radical (unpaired) electrons. The summed E-state index contributed by atoms with van der Waals surface area (Å²) >= 11 is 0. The highest BCUT2D eigenvalue weighted by Gasteiger charge is 2.06. The van der Waals surface area contributed by atoms with Gasteiger partial charge in [0.05, 0.1) is 11.6 Å². The van der Waals surface area contributed by atoms with Crippen LogP contribution in [0.1, 0.15) is 31.7 Å². The van der Waals surface area contributed by atoms with Gasteiger partial charge in [0.15, 0.2) is 0 Å². The topological polar surface area (TPSA) is 55.2 Å². The quantitative estimate of drug-likeness (QED) is 0.382. The van der Waals surface area contributed by atoms with E-state index in [-0.39, 0.29) is 11.9 Å². The average molecular weight is 392 g/mol. The van der Waals surface area contributed by atoms with Crippen LogP contribution in [0.15, 0.2) is 61.3 Å². The Labute approximate surface area is 170 Å². The Morgan fingerprint density at radius 3 is 2.76 bits per heavy atom. The summed E-state index contributed by atoms with van der Waals surface area (Å²) in [4.78, 5) is 8.55. The highest BCUT2D eigenvalue weighted by Crippen LogP contribution is 2.26. The maximum absolute atomic E-state index is 14.5. The molecule has 1 heterocycles. The first-order valence-electron chi connectivity index (χ1n) is 9.72. The number of aliphatic hydroxyl groups excluding tert-OH is 1. The highest BCUT2D eigenvalue weighted by atomic mass is 19.1. The number of nitrogens with zero attached hydrogens (tertiary/aromatic N) is 2. The second-order valence-corrected chi connectivity index (χ2v) is 6.94. The second-order valence-electron chi connectivity index (χ2n) is 6.94. The van der Waals surface area contributed by atoms with Crippen molar-refractivity contribution in [2.75, 3.05) is 6.61 Å². The van der Waals surface area contributed by atoms with Gasteiger partial charge >= 0.3 is 6.01 Å². The third-order valence-corrected chi connectivity index (χ3v) is 4.51. The molecule has 1 atom stereocenters. The molecule has 3 rings (SSSR count). The molecule has 5 heteroatoms. The Kier molecular flexibility index (Phi) is 7.09. The molecular formula is C24H25FN2O2. The molecule has 1 unspecified atom stereocenters. The summed E-state index contributed by atoms with van der Waals surface area (Å²) in [6.07, 6.45) is 9.23. The van der Waals surface area contributed by atoms with Crippen LogP contribution in [0.25, 0.3) is 28.1 Å². The molecule has 1 N–H and O–H groups in total. The third kappa shape index (κ3) is 5.72. The number of unbranched alkanes of at least 4 members (excludes halogenated alkanes) is 1. The van der Waals surface area contributed by atoms with Gasteiger partial charge in [0.1, 0.15) is 12.4 Å². The predicted octanol–water partition coefficient (Wildman–Crippen LogP) is 5.57. The monoisotopic (exact) mass is 392 g/mol. The van der Waals surface area contributed by atoms with Gasteiger partial charge in [-0.15, -0.1) is 0 Å². The summed E-state index contributed by atoms with van der Waals surface area (Å²) in [5, 5.41) is 10.1. The molecule has 0 spiro atoms. The first-order chi connectivity index (χ1) is 14.1. The Bertz CT molecular complexity index is 1010. The standard InChI is InChI=1S/C24H25FN2O2/c1-3-13-29-24-26-16-21-14-19(11-12-23(21)27-24)20-10-9-18(22(25)15-20)8-6-4-5-7-17(2)28/h3,6,8-12,14-17,28H,1,4-5,7,13H2,2H3/b8-6+. The molecule has 0 bridgehead atoms. The van der Waals surface area contributed by atoms with Crippen LogP contribution in [-0.2, 0) is 0 Å². The molecule has 0 saturated carbocycles. The van der Waals surface area contributed by atoms with Crippen LogP contribution in [0.4, 0.5) is 4.39 Å². The van der Waals surface area contributed by atoms with Gasteiger partial charge in [-0.05, 0) is 55.5 Å². The SMILES string of the molecule is C=CCOc1ncc2cc(-c3ccc(/C=C/CCCC(C)O)c(F)c3)ccc2n1. The Morgan fingerprint density at radius 2 is 2.00 bits per heavy atom. The van der Waals surface area contributed by atoms with Crippen molar-refractivity contribution in [3.8, 4) is 17.1 Å². The van der Waals surface area contributed by atoms with Crippen molar-refractivity contribution in [2.45, 2.75) is 32.3 Å². The number of rotatable bonds is 9. The lowest BCUT2D eigenvalue weighted by molar-refractivity contribution is 0.182. The van der Waals surface area contributed by atoms with Crippen molar-refractivity contribution in [3.05, 3.63) is 72.7 Å². The van der Waals surface area contributed by atoms with Crippen molar-refractivity contribution < 1.29 is 14.2 Å². The van der Waals surface area contributed by atoms with Gasteiger partial charge in [-0.3, -0.25) is 0 Å². The molecule has 0 aliphatic heterocycles. The number of aliphatic hydroxyl groups is 1. The number of ether oxygens (including phenoxy) is 1. The minimum absolute atomic E-state index is 0.265. The molecule has 29 heavy (non-hydrogen) atoms. The van der Waals surface area contributed by atoms with Crippen LogP contribution in [0.3, 0.4) is 0 Å². The van der Waals surface area contributed by atoms with Gasteiger partial charge in [0, 0.05) is 17.1 Å². The predicted molar refractivity (Wildman–Crippen MR) is 115 cm³/mol. The number of fused-ring (bicyclic) bond motifs is 1. The molecule has 3 aromatic rings. The summed E-state index contributed by atoms with van der Waals surface area (Å²) in [6, 6.07) is 11.3. The first-order valence-corrected chi connectivity index (χ1v) is 9.72. The smallest absolute Gasteiger partial charge is 0.317 e. The molecule has 0 aliphatic carbocycles. The number of aromatic nitrogens is 2. The number of allylic oxidation sites excluding steroid dienone is 1. The van der Waals surface area contributed by atoms with Gasteiger partial charge in [-0.25, -0.2) is 9.37 Å². The fraction of sp³-hybridized carbons (Fsp3) is 0.250. The molecule has 150 valence electrons. The Balaban J connectivity index is 1.74. The molecule has 0 fully saturated rings.